The van der Waals surface area contributed by atoms with Crippen LogP contribution in [0.4, 0.5) is 0 Å². The number of allylic oxidation sites excluding steroid dienone is 3. The van der Waals surface area contributed by atoms with Gasteiger partial charge >= 0.3 is 0 Å². The molecule has 0 amide bonds. The molecule has 0 unspecified atom stereocenters. The number of fused-ring (bicyclic) bond motifs is 5. The molecule has 0 fully saturated rings. The Balaban J connectivity index is 1.38. The first-order valence-electron chi connectivity index (χ1n) is 16.3. The van der Waals surface area contributed by atoms with Crippen LogP contribution >= 0.6 is 0 Å². The molecular formula is C44H28N4. The quantitative estimate of drug-likeness (QED) is 0.214. The summed E-state index contributed by atoms with van der Waals surface area (Å²) in [5.74, 6) is 0. The smallest absolute Gasteiger partial charge is 0.145 e. The highest BCUT2D eigenvalue weighted by atomic mass is 15.0. The van der Waals surface area contributed by atoms with E-state index in [-0.39, 0.29) is 0 Å². The minimum atomic E-state index is 0.924. The molecule has 3 aliphatic rings. The van der Waals surface area contributed by atoms with E-state index in [1.807, 2.05) is 0 Å². The van der Waals surface area contributed by atoms with Crippen molar-refractivity contribution in [2.24, 2.45) is 9.98 Å². The van der Waals surface area contributed by atoms with Crippen molar-refractivity contribution >= 4 is 34.0 Å². The standard InChI is InChI=1S/C44H28N4/c1-5-13-28(14-6-1)40-32-25-39-41(29-15-7-2-8-16-29)33-26-38(47-44(33)48(39)27-32)43(31-19-11-4-12-20-31)37-24-23-36(46-37)42(30-17-9-3-10-18-30)35-22-21-34(40)45-35/h1-27,46H. The first-order chi connectivity index (χ1) is 23.8. The zero-order valence-corrected chi connectivity index (χ0v) is 25.9. The van der Waals surface area contributed by atoms with E-state index in [1.54, 1.807) is 0 Å². The van der Waals surface area contributed by atoms with Gasteiger partial charge in [-0.2, -0.15) is 0 Å². The molecule has 0 radical (unpaired) electrons. The molecule has 0 spiro atoms. The van der Waals surface area contributed by atoms with Gasteiger partial charge in [-0.3, -0.25) is 0 Å². The van der Waals surface area contributed by atoms with Crippen molar-refractivity contribution in [2.75, 3.05) is 0 Å². The summed E-state index contributed by atoms with van der Waals surface area (Å²) >= 11 is 0. The Morgan fingerprint density at radius 1 is 0.500 bits per heavy atom. The third-order valence-corrected chi connectivity index (χ3v) is 9.49. The summed E-state index contributed by atoms with van der Waals surface area (Å²) in [5.41, 5.74) is 16.0. The predicted molar refractivity (Wildman–Crippen MR) is 195 cm³/mol. The van der Waals surface area contributed by atoms with E-state index in [1.165, 1.54) is 11.1 Å². The van der Waals surface area contributed by atoms with Crippen molar-refractivity contribution in [2.45, 2.75) is 0 Å². The minimum Gasteiger partial charge on any atom is -0.354 e. The monoisotopic (exact) mass is 612 g/mol. The van der Waals surface area contributed by atoms with E-state index in [4.69, 9.17) is 9.98 Å². The van der Waals surface area contributed by atoms with E-state index in [0.29, 0.717) is 0 Å². The van der Waals surface area contributed by atoms with Crippen molar-refractivity contribution in [1.82, 2.24) is 9.38 Å². The maximum Gasteiger partial charge on any atom is 0.145 e. The lowest BCUT2D eigenvalue weighted by Gasteiger charge is -2.09. The van der Waals surface area contributed by atoms with E-state index in [9.17, 15) is 0 Å². The first kappa shape index (κ1) is 26.7. The Morgan fingerprint density at radius 2 is 1.06 bits per heavy atom. The van der Waals surface area contributed by atoms with Crippen molar-refractivity contribution in [3.63, 3.8) is 0 Å². The lowest BCUT2D eigenvalue weighted by atomic mass is 9.96. The molecule has 8 bridgehead atoms. The number of hydrogen-bond donors (Lipinski definition) is 1. The third-order valence-electron chi connectivity index (χ3n) is 9.49. The summed E-state index contributed by atoms with van der Waals surface area (Å²) in [6.07, 6.45) is 8.83. The fourth-order valence-electron chi connectivity index (χ4n) is 7.40. The number of rotatable bonds is 4. The maximum atomic E-state index is 5.43. The summed E-state index contributed by atoms with van der Waals surface area (Å²) in [5, 5.41) is 2.02. The Bertz CT molecular complexity index is 2720. The van der Waals surface area contributed by atoms with Gasteiger partial charge in [0.1, 0.15) is 5.49 Å². The van der Waals surface area contributed by atoms with E-state index in [2.05, 4.69) is 173 Å². The molecular weight excluding hydrogens is 585 g/mol. The molecule has 0 saturated carbocycles. The number of hydrogen-bond acceptors (Lipinski definition) is 2. The van der Waals surface area contributed by atoms with Gasteiger partial charge in [-0.25, -0.2) is 9.98 Å². The molecule has 4 heteroatoms. The number of aromatic amines is 1. The van der Waals surface area contributed by atoms with Crippen LogP contribution in [0.15, 0.2) is 179 Å². The van der Waals surface area contributed by atoms with Gasteiger partial charge in [0.15, 0.2) is 0 Å². The molecule has 0 atom stereocenters. The molecule has 48 heavy (non-hydrogen) atoms. The highest BCUT2D eigenvalue weighted by Crippen LogP contribution is 2.39. The number of aliphatic imine (C=N–C) groups is 1. The van der Waals surface area contributed by atoms with Gasteiger partial charge in [0, 0.05) is 50.3 Å². The summed E-state index contributed by atoms with van der Waals surface area (Å²) in [6, 6.07) is 49.1. The van der Waals surface area contributed by atoms with Crippen molar-refractivity contribution in [3.8, 4) is 11.1 Å². The molecule has 3 aromatic heterocycles. The maximum absolute atomic E-state index is 5.43. The second-order valence-electron chi connectivity index (χ2n) is 12.3. The Kier molecular flexibility index (Phi) is 5.84. The van der Waals surface area contributed by atoms with Gasteiger partial charge in [0.05, 0.1) is 22.6 Å². The van der Waals surface area contributed by atoms with Crippen molar-refractivity contribution in [3.05, 3.63) is 213 Å². The molecule has 6 heterocycles. The second-order valence-corrected chi connectivity index (χ2v) is 12.3. The van der Waals surface area contributed by atoms with Crippen LogP contribution in [-0.2, 0) is 0 Å². The zero-order chi connectivity index (χ0) is 31.6. The number of aromatic nitrogens is 2. The van der Waals surface area contributed by atoms with E-state index in [0.717, 1.165) is 83.3 Å². The SMILES string of the molecule is C1=CC2=C(c3ccccc3)c3cc4c(-c5ccccc5)c5c(n4c3)=NC(=C5)C(c3ccccc3)=c3ccc([nH]3)=C(c3ccccc3)C1=N2. The summed E-state index contributed by atoms with van der Waals surface area (Å²) in [6.45, 7) is 0. The topological polar surface area (TPSA) is 44.9 Å². The molecule has 224 valence electrons. The fraction of sp³-hybridized carbons (Fsp3) is 0. The highest BCUT2D eigenvalue weighted by Gasteiger charge is 2.26. The van der Waals surface area contributed by atoms with Crippen LogP contribution in [0.25, 0.3) is 39.4 Å². The Morgan fingerprint density at radius 3 is 1.71 bits per heavy atom. The molecule has 4 nitrogen and oxygen atoms in total. The summed E-state index contributed by atoms with van der Waals surface area (Å²) < 4.78 is 2.27. The average molecular weight is 613 g/mol. The normalized spacial score (nSPS) is 14.8. The van der Waals surface area contributed by atoms with Crippen LogP contribution in [0.3, 0.4) is 0 Å². The molecule has 7 aromatic rings. The Hall–Kier alpha value is -6.52. The number of H-pyrrole nitrogens is 1. The number of benzene rings is 4. The average Bonchev–Trinajstić information content (AvgIpc) is 3.98. The van der Waals surface area contributed by atoms with Crippen LogP contribution in [0, 0.1) is 0 Å². The van der Waals surface area contributed by atoms with Gasteiger partial charge in [0.2, 0.25) is 0 Å². The third kappa shape index (κ3) is 4.10. The van der Waals surface area contributed by atoms with Gasteiger partial charge in [-0.15, -0.1) is 0 Å². The summed E-state index contributed by atoms with van der Waals surface area (Å²) in [4.78, 5) is 14.6. The van der Waals surface area contributed by atoms with Crippen molar-refractivity contribution in [1.29, 1.82) is 0 Å². The summed E-state index contributed by atoms with van der Waals surface area (Å²) in [7, 11) is 0. The van der Waals surface area contributed by atoms with Crippen LogP contribution in [0.2, 0.25) is 0 Å². The second kappa shape index (κ2) is 10.5. The molecule has 4 aromatic carbocycles. The number of nitrogens with zero attached hydrogens (tertiary/aromatic N) is 3. The molecule has 10 rings (SSSR count). The lowest BCUT2D eigenvalue weighted by Crippen LogP contribution is -2.19. The first-order valence-corrected chi connectivity index (χ1v) is 16.3. The number of nitrogens with one attached hydrogen (secondary N) is 1. The molecule has 1 N–H and O–H groups in total. The van der Waals surface area contributed by atoms with Crippen LogP contribution in [-0.4, -0.2) is 15.1 Å². The Labute approximate surface area is 277 Å². The highest BCUT2D eigenvalue weighted by molar-refractivity contribution is 6.30. The molecule has 3 aliphatic heterocycles. The minimum absolute atomic E-state index is 0.924. The predicted octanol–water partition coefficient (Wildman–Crippen LogP) is 7.51. The molecule has 0 saturated heterocycles. The van der Waals surface area contributed by atoms with Gasteiger partial charge in [-0.1, -0.05) is 121 Å². The van der Waals surface area contributed by atoms with Crippen LogP contribution < -0.4 is 16.2 Å². The van der Waals surface area contributed by atoms with Gasteiger partial charge < -0.3 is 9.38 Å². The zero-order valence-electron chi connectivity index (χ0n) is 25.9. The van der Waals surface area contributed by atoms with E-state index < -0.39 is 0 Å². The van der Waals surface area contributed by atoms with Gasteiger partial charge in [-0.05, 0) is 58.7 Å². The largest absolute Gasteiger partial charge is 0.354 e. The fourth-order valence-corrected chi connectivity index (χ4v) is 7.40. The van der Waals surface area contributed by atoms with Crippen LogP contribution in [0.5, 0.6) is 0 Å². The van der Waals surface area contributed by atoms with Crippen molar-refractivity contribution < 1.29 is 0 Å². The van der Waals surface area contributed by atoms with Crippen LogP contribution in [0.1, 0.15) is 27.8 Å². The molecule has 0 aliphatic carbocycles. The lowest BCUT2D eigenvalue weighted by molar-refractivity contribution is 1.08. The van der Waals surface area contributed by atoms with Gasteiger partial charge in [0.25, 0.3) is 0 Å². The van der Waals surface area contributed by atoms with E-state index >= 15 is 0 Å².